The number of hydrogen-bond donors (Lipinski definition) is 1. The molecule has 3 aromatic rings. The van der Waals surface area contributed by atoms with Crippen molar-refractivity contribution in [2.45, 2.75) is 51.1 Å². The molecule has 10 heteroatoms. The van der Waals surface area contributed by atoms with Crippen molar-refractivity contribution in [3.63, 3.8) is 0 Å². The molecule has 214 valence electrons. The zero-order valence-corrected chi connectivity index (χ0v) is 23.9. The zero-order chi connectivity index (χ0) is 29.1. The molecule has 0 aliphatic carbocycles. The highest BCUT2D eigenvalue weighted by molar-refractivity contribution is 7.92. The summed E-state index contributed by atoms with van der Waals surface area (Å²) in [4.78, 5) is 28.4. The minimum absolute atomic E-state index is 0.000330. The topological polar surface area (TPSA) is 96.0 Å². The summed E-state index contributed by atoms with van der Waals surface area (Å²) >= 11 is 0. The van der Waals surface area contributed by atoms with Gasteiger partial charge in [-0.2, -0.15) is 0 Å². The van der Waals surface area contributed by atoms with Crippen molar-refractivity contribution in [3.8, 4) is 5.75 Å². The van der Waals surface area contributed by atoms with Crippen LogP contribution >= 0.6 is 0 Å². The van der Waals surface area contributed by atoms with Crippen molar-refractivity contribution in [2.24, 2.45) is 0 Å². The van der Waals surface area contributed by atoms with Gasteiger partial charge in [0.1, 0.15) is 24.2 Å². The molecular weight excluding hydrogens is 533 g/mol. The van der Waals surface area contributed by atoms with Gasteiger partial charge in [-0.25, -0.2) is 12.8 Å². The SMILES string of the molecule is CCCNC(=O)C(CC)N(Cc1ccc(F)cc1)C(=O)CN(c1ccc(OCC)cc1)S(=O)(=O)c1ccccc1. The molecule has 0 heterocycles. The van der Waals surface area contributed by atoms with Gasteiger partial charge in [0, 0.05) is 13.1 Å². The smallest absolute Gasteiger partial charge is 0.264 e. The highest BCUT2D eigenvalue weighted by atomic mass is 32.2. The van der Waals surface area contributed by atoms with Crippen LogP contribution in [0.5, 0.6) is 5.75 Å². The summed E-state index contributed by atoms with van der Waals surface area (Å²) < 4.78 is 47.7. The van der Waals surface area contributed by atoms with Crippen molar-refractivity contribution < 1.29 is 27.1 Å². The van der Waals surface area contributed by atoms with E-state index in [0.29, 0.717) is 30.9 Å². The standard InChI is InChI=1S/C30H36FN3O5S/c1-4-20-32-30(36)28(5-2)33(21-23-12-14-24(31)15-13-23)29(35)22-34(25-16-18-26(19-17-25)39-6-3)40(37,38)27-10-8-7-9-11-27/h7-19,28H,4-6,20-22H2,1-3H3,(H,32,36). The van der Waals surface area contributed by atoms with Crippen LogP contribution in [0.1, 0.15) is 39.2 Å². The third-order valence-corrected chi connectivity index (χ3v) is 8.04. The number of sulfonamides is 1. The van der Waals surface area contributed by atoms with Gasteiger partial charge in [-0.15, -0.1) is 0 Å². The van der Waals surface area contributed by atoms with Crippen LogP contribution in [0.3, 0.4) is 0 Å². The van der Waals surface area contributed by atoms with Gasteiger partial charge in [0.15, 0.2) is 0 Å². The van der Waals surface area contributed by atoms with Crippen molar-refractivity contribution in [1.29, 1.82) is 0 Å². The molecule has 3 aromatic carbocycles. The van der Waals surface area contributed by atoms with Crippen LogP contribution in [0.4, 0.5) is 10.1 Å². The van der Waals surface area contributed by atoms with Crippen LogP contribution in [0, 0.1) is 5.82 Å². The molecule has 0 saturated heterocycles. The number of benzene rings is 3. The summed E-state index contributed by atoms with van der Waals surface area (Å²) in [5.41, 5.74) is 0.876. The number of halogens is 1. The number of nitrogens with zero attached hydrogens (tertiary/aromatic N) is 2. The number of carbonyl (C=O) groups excluding carboxylic acids is 2. The minimum atomic E-state index is -4.16. The third kappa shape index (κ3) is 7.81. The molecule has 0 aliphatic rings. The molecular formula is C30H36FN3O5S. The van der Waals surface area contributed by atoms with Crippen LogP contribution in [-0.4, -0.2) is 50.9 Å². The second-order valence-electron chi connectivity index (χ2n) is 9.11. The van der Waals surface area contributed by atoms with E-state index in [2.05, 4.69) is 5.32 Å². The first kappa shape index (κ1) is 30.6. The van der Waals surface area contributed by atoms with Gasteiger partial charge in [0.05, 0.1) is 17.2 Å². The van der Waals surface area contributed by atoms with Crippen LogP contribution in [0.15, 0.2) is 83.8 Å². The van der Waals surface area contributed by atoms with E-state index >= 15 is 0 Å². The third-order valence-electron chi connectivity index (χ3n) is 6.25. The molecule has 3 rings (SSSR count). The van der Waals surface area contributed by atoms with Crippen LogP contribution < -0.4 is 14.4 Å². The summed E-state index contributed by atoms with van der Waals surface area (Å²) in [5.74, 6) is -0.772. The van der Waals surface area contributed by atoms with Gasteiger partial charge in [-0.3, -0.25) is 13.9 Å². The van der Waals surface area contributed by atoms with Gasteiger partial charge < -0.3 is 15.0 Å². The van der Waals surface area contributed by atoms with E-state index in [4.69, 9.17) is 4.74 Å². The van der Waals surface area contributed by atoms with Gasteiger partial charge >= 0.3 is 0 Å². The normalized spacial score (nSPS) is 11.9. The fraction of sp³-hybridized carbons (Fsp3) is 0.333. The molecule has 1 N–H and O–H groups in total. The van der Waals surface area contributed by atoms with Gasteiger partial charge in [-0.1, -0.05) is 44.2 Å². The van der Waals surface area contributed by atoms with Crippen molar-refractivity contribution in [3.05, 3.63) is 90.2 Å². The maximum Gasteiger partial charge on any atom is 0.264 e. The molecule has 1 unspecified atom stereocenters. The molecule has 0 radical (unpaired) electrons. The quantitative estimate of drug-likeness (QED) is 0.302. The maximum absolute atomic E-state index is 14.0. The Balaban J connectivity index is 2.03. The molecule has 0 spiro atoms. The number of anilines is 1. The van der Waals surface area contributed by atoms with E-state index in [1.807, 2.05) is 13.8 Å². The summed E-state index contributed by atoms with van der Waals surface area (Å²) in [6, 6.07) is 19.1. The molecule has 40 heavy (non-hydrogen) atoms. The van der Waals surface area contributed by atoms with E-state index in [9.17, 15) is 22.4 Å². The monoisotopic (exact) mass is 569 g/mol. The average Bonchev–Trinajstić information content (AvgIpc) is 2.96. The predicted octanol–water partition coefficient (Wildman–Crippen LogP) is 4.75. The molecule has 0 aromatic heterocycles. The number of amides is 2. The van der Waals surface area contributed by atoms with E-state index in [-0.39, 0.29) is 23.0 Å². The summed E-state index contributed by atoms with van der Waals surface area (Å²) in [5, 5.41) is 2.83. The molecule has 1 atom stereocenters. The first-order chi connectivity index (χ1) is 19.2. The second kappa shape index (κ2) is 14.5. The van der Waals surface area contributed by atoms with E-state index in [0.717, 1.165) is 10.7 Å². The van der Waals surface area contributed by atoms with Gasteiger partial charge in [0.25, 0.3) is 10.0 Å². The van der Waals surface area contributed by atoms with Gasteiger partial charge in [0.2, 0.25) is 11.8 Å². The van der Waals surface area contributed by atoms with Crippen LogP contribution in [0.2, 0.25) is 0 Å². The lowest BCUT2D eigenvalue weighted by Crippen LogP contribution is -2.52. The number of nitrogens with one attached hydrogen (secondary N) is 1. The molecule has 0 fully saturated rings. The fourth-order valence-corrected chi connectivity index (χ4v) is 5.63. The molecule has 0 bridgehead atoms. The Labute approximate surface area is 235 Å². The Morgan fingerprint density at radius 2 is 1.57 bits per heavy atom. The number of rotatable bonds is 14. The van der Waals surface area contributed by atoms with Gasteiger partial charge in [-0.05, 0) is 73.9 Å². The van der Waals surface area contributed by atoms with Crippen LogP contribution in [0.25, 0.3) is 0 Å². The summed E-state index contributed by atoms with van der Waals surface area (Å²) in [7, 11) is -4.16. The largest absolute Gasteiger partial charge is 0.494 e. The number of carbonyl (C=O) groups is 2. The molecule has 2 amide bonds. The molecule has 8 nitrogen and oxygen atoms in total. The maximum atomic E-state index is 14.0. The fourth-order valence-electron chi connectivity index (χ4n) is 4.20. The van der Waals surface area contributed by atoms with Crippen molar-refractivity contribution >= 4 is 27.5 Å². The average molecular weight is 570 g/mol. The van der Waals surface area contributed by atoms with E-state index < -0.39 is 34.3 Å². The van der Waals surface area contributed by atoms with Crippen LogP contribution in [-0.2, 0) is 26.2 Å². The van der Waals surface area contributed by atoms with E-state index in [1.165, 1.54) is 41.3 Å². The predicted molar refractivity (Wildman–Crippen MR) is 153 cm³/mol. The highest BCUT2D eigenvalue weighted by Crippen LogP contribution is 2.27. The number of ether oxygens (including phenoxy) is 1. The number of hydrogen-bond acceptors (Lipinski definition) is 5. The summed E-state index contributed by atoms with van der Waals surface area (Å²) in [6.07, 6.45) is 1.02. The molecule has 0 saturated carbocycles. The lowest BCUT2D eigenvalue weighted by molar-refractivity contribution is -0.140. The van der Waals surface area contributed by atoms with Crippen molar-refractivity contribution in [1.82, 2.24) is 10.2 Å². The Morgan fingerprint density at radius 1 is 0.925 bits per heavy atom. The minimum Gasteiger partial charge on any atom is -0.494 e. The molecule has 0 aliphatic heterocycles. The second-order valence-corrected chi connectivity index (χ2v) is 11.0. The Kier molecular flexibility index (Phi) is 11.1. The van der Waals surface area contributed by atoms with Crippen molar-refractivity contribution in [2.75, 3.05) is 24.0 Å². The first-order valence-electron chi connectivity index (χ1n) is 13.3. The van der Waals surface area contributed by atoms with E-state index in [1.54, 1.807) is 49.4 Å². The summed E-state index contributed by atoms with van der Waals surface area (Å²) in [6.45, 7) is 5.88. The highest BCUT2D eigenvalue weighted by Gasteiger charge is 2.33. The Morgan fingerprint density at radius 3 is 2.15 bits per heavy atom. The lowest BCUT2D eigenvalue weighted by atomic mass is 10.1. The Hall–Kier alpha value is -3.92. The lowest BCUT2D eigenvalue weighted by Gasteiger charge is -2.33. The first-order valence-corrected chi connectivity index (χ1v) is 14.8. The Bertz CT molecular complexity index is 1350. The zero-order valence-electron chi connectivity index (χ0n) is 23.0.